The highest BCUT2D eigenvalue weighted by Crippen LogP contribution is 2.34. The van der Waals surface area contributed by atoms with Crippen LogP contribution in [-0.4, -0.2) is 21.8 Å². The van der Waals surface area contributed by atoms with E-state index in [0.29, 0.717) is 49.5 Å². The summed E-state index contributed by atoms with van der Waals surface area (Å²) in [4.78, 5) is 31.4. The Morgan fingerprint density at radius 3 is 2.47 bits per heavy atom. The lowest BCUT2D eigenvalue weighted by Gasteiger charge is -2.07. The summed E-state index contributed by atoms with van der Waals surface area (Å²) < 4.78 is 5.35. The largest absolute Gasteiger partial charge is 0.417 e. The second-order valence-corrected chi connectivity index (χ2v) is 7.33. The SMILES string of the molecule is CC(=O)c1cccc(NC(=O)Oc2ccc3nc(-c4c(Cl)cccc4Cl)[nH]c3c2)c1. The number of nitrogens with zero attached hydrogens (tertiary/aromatic N) is 1. The molecule has 1 amide bonds. The number of nitrogens with one attached hydrogen (secondary N) is 2. The molecule has 2 N–H and O–H groups in total. The van der Waals surface area contributed by atoms with E-state index < -0.39 is 6.09 Å². The van der Waals surface area contributed by atoms with Crippen LogP contribution in [0.25, 0.3) is 22.4 Å². The smallest absolute Gasteiger partial charge is 0.410 e. The number of halogens is 2. The first kappa shape index (κ1) is 19.9. The molecule has 0 atom stereocenters. The van der Waals surface area contributed by atoms with E-state index in [0.717, 1.165) is 0 Å². The first-order chi connectivity index (χ1) is 14.4. The van der Waals surface area contributed by atoms with Crippen molar-refractivity contribution >= 4 is 51.8 Å². The van der Waals surface area contributed by atoms with Gasteiger partial charge >= 0.3 is 6.09 Å². The van der Waals surface area contributed by atoms with Gasteiger partial charge in [-0.1, -0.05) is 41.4 Å². The molecule has 8 heteroatoms. The summed E-state index contributed by atoms with van der Waals surface area (Å²) in [5.74, 6) is 0.748. The molecule has 0 spiro atoms. The number of aromatic nitrogens is 2. The molecule has 0 aliphatic rings. The summed E-state index contributed by atoms with van der Waals surface area (Å²) in [7, 11) is 0. The first-order valence-corrected chi connectivity index (χ1v) is 9.70. The zero-order chi connectivity index (χ0) is 21.3. The summed E-state index contributed by atoms with van der Waals surface area (Å²) in [6.45, 7) is 1.46. The van der Waals surface area contributed by atoms with Gasteiger partial charge in [0.25, 0.3) is 0 Å². The van der Waals surface area contributed by atoms with Crippen molar-refractivity contribution in [1.82, 2.24) is 9.97 Å². The topological polar surface area (TPSA) is 84.1 Å². The summed E-state index contributed by atoms with van der Waals surface area (Å²) in [5, 5.41) is 3.56. The fourth-order valence-electron chi connectivity index (χ4n) is 2.96. The Labute approximate surface area is 181 Å². The van der Waals surface area contributed by atoms with E-state index in [4.69, 9.17) is 27.9 Å². The molecule has 4 rings (SSSR count). The van der Waals surface area contributed by atoms with Crippen molar-refractivity contribution in [2.24, 2.45) is 0 Å². The van der Waals surface area contributed by atoms with Crippen molar-refractivity contribution in [3.63, 3.8) is 0 Å². The molecule has 0 saturated carbocycles. The highest BCUT2D eigenvalue weighted by Gasteiger charge is 2.14. The predicted molar refractivity (Wildman–Crippen MR) is 118 cm³/mol. The Kier molecular flexibility index (Phi) is 5.44. The number of carbonyl (C=O) groups excluding carboxylic acids is 2. The summed E-state index contributed by atoms with van der Waals surface area (Å²) in [6.07, 6.45) is -0.677. The Morgan fingerprint density at radius 2 is 1.73 bits per heavy atom. The Balaban J connectivity index is 1.55. The van der Waals surface area contributed by atoms with Crippen LogP contribution in [0.4, 0.5) is 10.5 Å². The van der Waals surface area contributed by atoms with Crippen LogP contribution in [0.5, 0.6) is 5.75 Å². The van der Waals surface area contributed by atoms with Gasteiger partial charge in [0.15, 0.2) is 5.78 Å². The van der Waals surface area contributed by atoms with Crippen molar-refractivity contribution in [1.29, 1.82) is 0 Å². The number of Topliss-reactive ketones (excluding diaryl/α,β-unsaturated/α-hetero) is 1. The molecule has 4 aromatic rings. The molecule has 6 nitrogen and oxygen atoms in total. The molecule has 0 aliphatic heterocycles. The fourth-order valence-corrected chi connectivity index (χ4v) is 3.54. The maximum Gasteiger partial charge on any atom is 0.417 e. The van der Waals surface area contributed by atoms with Crippen molar-refractivity contribution in [3.8, 4) is 17.1 Å². The van der Waals surface area contributed by atoms with Crippen LogP contribution in [0.2, 0.25) is 10.0 Å². The molecule has 0 radical (unpaired) electrons. The van der Waals surface area contributed by atoms with Gasteiger partial charge < -0.3 is 9.72 Å². The van der Waals surface area contributed by atoms with Gasteiger partial charge in [0.05, 0.1) is 26.6 Å². The minimum atomic E-state index is -0.677. The van der Waals surface area contributed by atoms with Gasteiger partial charge in [-0.3, -0.25) is 10.1 Å². The summed E-state index contributed by atoms with van der Waals surface area (Å²) in [5.41, 5.74) is 2.89. The average Bonchev–Trinajstić information content (AvgIpc) is 3.10. The summed E-state index contributed by atoms with van der Waals surface area (Å²) >= 11 is 12.5. The predicted octanol–water partition coefficient (Wildman–Crippen LogP) is 6.35. The van der Waals surface area contributed by atoms with E-state index in [1.807, 2.05) is 0 Å². The third kappa shape index (κ3) is 4.15. The number of rotatable bonds is 4. The zero-order valence-corrected chi connectivity index (χ0v) is 17.2. The molecule has 0 aliphatic carbocycles. The number of aromatic amines is 1. The van der Waals surface area contributed by atoms with Gasteiger partial charge in [-0.15, -0.1) is 0 Å². The number of hydrogen-bond donors (Lipinski definition) is 2. The Hall–Kier alpha value is -3.35. The van der Waals surface area contributed by atoms with Crippen molar-refractivity contribution < 1.29 is 14.3 Å². The van der Waals surface area contributed by atoms with Gasteiger partial charge in [-0.25, -0.2) is 9.78 Å². The van der Waals surface area contributed by atoms with E-state index >= 15 is 0 Å². The number of benzene rings is 3. The number of fused-ring (bicyclic) bond motifs is 1. The molecule has 0 fully saturated rings. The maximum absolute atomic E-state index is 12.2. The lowest BCUT2D eigenvalue weighted by Crippen LogP contribution is -2.16. The molecular formula is C22H15Cl2N3O3. The lowest BCUT2D eigenvalue weighted by molar-refractivity contribution is 0.101. The quantitative estimate of drug-likeness (QED) is 0.362. The van der Waals surface area contributed by atoms with Gasteiger partial charge in [0.1, 0.15) is 11.6 Å². The molecule has 0 saturated heterocycles. The number of carbonyl (C=O) groups is 2. The summed E-state index contributed by atoms with van der Waals surface area (Å²) in [6, 6.07) is 16.8. The monoisotopic (exact) mass is 439 g/mol. The van der Waals surface area contributed by atoms with Crippen molar-refractivity contribution in [2.45, 2.75) is 6.92 Å². The van der Waals surface area contributed by atoms with Crippen LogP contribution in [0.15, 0.2) is 60.7 Å². The average molecular weight is 440 g/mol. The van der Waals surface area contributed by atoms with Crippen LogP contribution in [0, 0.1) is 0 Å². The van der Waals surface area contributed by atoms with E-state index in [9.17, 15) is 9.59 Å². The van der Waals surface area contributed by atoms with Gasteiger partial charge in [0, 0.05) is 17.3 Å². The highest BCUT2D eigenvalue weighted by molar-refractivity contribution is 6.39. The molecule has 150 valence electrons. The van der Waals surface area contributed by atoms with Crippen LogP contribution in [0.1, 0.15) is 17.3 Å². The molecule has 1 aromatic heterocycles. The fraction of sp³-hybridized carbons (Fsp3) is 0.0455. The standard InChI is InChI=1S/C22H15Cl2N3O3/c1-12(28)13-4-2-5-14(10-13)25-22(29)30-15-8-9-18-19(11-15)27-21(26-18)20-16(23)6-3-7-17(20)24/h2-11H,1H3,(H,25,29)(H,26,27). The normalized spacial score (nSPS) is 10.8. The number of amides is 1. The van der Waals surface area contributed by atoms with Crippen LogP contribution < -0.4 is 10.1 Å². The highest BCUT2D eigenvalue weighted by atomic mass is 35.5. The van der Waals surface area contributed by atoms with Crippen molar-refractivity contribution in [2.75, 3.05) is 5.32 Å². The molecule has 0 unspecified atom stereocenters. The lowest BCUT2D eigenvalue weighted by atomic mass is 10.1. The number of H-pyrrole nitrogens is 1. The molecule has 3 aromatic carbocycles. The molecule has 30 heavy (non-hydrogen) atoms. The van der Waals surface area contributed by atoms with Gasteiger partial charge in [-0.05, 0) is 43.3 Å². The second kappa shape index (κ2) is 8.18. The Morgan fingerprint density at radius 1 is 1.00 bits per heavy atom. The minimum absolute atomic E-state index is 0.0915. The van der Waals surface area contributed by atoms with Gasteiger partial charge in [-0.2, -0.15) is 0 Å². The molecular weight excluding hydrogens is 425 g/mol. The van der Waals surface area contributed by atoms with E-state index in [2.05, 4.69) is 15.3 Å². The minimum Gasteiger partial charge on any atom is -0.410 e. The van der Waals surface area contributed by atoms with Crippen molar-refractivity contribution in [3.05, 3.63) is 76.3 Å². The third-order valence-electron chi connectivity index (χ3n) is 4.38. The first-order valence-electron chi connectivity index (χ1n) is 8.95. The number of hydrogen-bond acceptors (Lipinski definition) is 4. The second-order valence-electron chi connectivity index (χ2n) is 6.51. The Bertz CT molecular complexity index is 1260. The van der Waals surface area contributed by atoms with E-state index in [-0.39, 0.29) is 5.78 Å². The van der Waals surface area contributed by atoms with E-state index in [1.54, 1.807) is 60.7 Å². The molecule has 0 bridgehead atoms. The van der Waals surface area contributed by atoms with Crippen LogP contribution in [-0.2, 0) is 0 Å². The molecule has 1 heterocycles. The van der Waals surface area contributed by atoms with E-state index in [1.165, 1.54) is 6.92 Å². The van der Waals surface area contributed by atoms with Gasteiger partial charge in [0.2, 0.25) is 0 Å². The number of ether oxygens (including phenoxy) is 1. The van der Waals surface area contributed by atoms with Crippen LogP contribution >= 0.6 is 23.2 Å². The third-order valence-corrected chi connectivity index (χ3v) is 5.01. The zero-order valence-electron chi connectivity index (χ0n) is 15.7. The maximum atomic E-state index is 12.2. The number of ketones is 1. The number of imidazole rings is 1. The van der Waals surface area contributed by atoms with Crippen LogP contribution in [0.3, 0.4) is 0 Å². The number of anilines is 1.